The molecule has 0 spiro atoms. The standard InChI is InChI=1S/C13H9ClFNO4S/c14-9-6-5-8(13(17)18)7-12(9)21(19,20)16-11-4-2-1-3-10(11)15/h1-7,16H,(H,17,18)/p-1. The Bertz CT molecular complexity index is 808. The van der Waals surface area contributed by atoms with Gasteiger partial charge in [-0.15, -0.1) is 0 Å². The highest BCUT2D eigenvalue weighted by Gasteiger charge is 2.20. The van der Waals surface area contributed by atoms with Gasteiger partial charge in [-0.3, -0.25) is 4.72 Å². The highest BCUT2D eigenvalue weighted by Crippen LogP contribution is 2.25. The molecule has 0 aliphatic rings. The third-order valence-corrected chi connectivity index (χ3v) is 4.42. The zero-order valence-corrected chi connectivity index (χ0v) is 11.9. The van der Waals surface area contributed by atoms with Crippen LogP contribution in [0.2, 0.25) is 5.02 Å². The van der Waals surface area contributed by atoms with Gasteiger partial charge in [0, 0.05) is 0 Å². The van der Waals surface area contributed by atoms with Crippen LogP contribution in [0.3, 0.4) is 0 Å². The Hall–Kier alpha value is -2.12. The summed E-state index contributed by atoms with van der Waals surface area (Å²) in [5.41, 5.74) is -0.624. The first-order valence-electron chi connectivity index (χ1n) is 5.59. The first-order chi connectivity index (χ1) is 9.81. The van der Waals surface area contributed by atoms with Crippen molar-refractivity contribution in [1.29, 1.82) is 0 Å². The van der Waals surface area contributed by atoms with Crippen LogP contribution in [0, 0.1) is 5.82 Å². The molecule has 110 valence electrons. The van der Waals surface area contributed by atoms with Crippen LogP contribution in [0.25, 0.3) is 0 Å². The predicted molar refractivity (Wildman–Crippen MR) is 73.0 cm³/mol. The molecule has 8 heteroatoms. The number of rotatable bonds is 4. The minimum Gasteiger partial charge on any atom is -0.545 e. The molecule has 0 saturated carbocycles. The summed E-state index contributed by atoms with van der Waals surface area (Å²) >= 11 is 5.77. The van der Waals surface area contributed by atoms with Gasteiger partial charge in [-0.05, 0) is 29.8 Å². The molecule has 2 aromatic carbocycles. The lowest BCUT2D eigenvalue weighted by Gasteiger charge is -2.12. The van der Waals surface area contributed by atoms with Gasteiger partial charge in [0.1, 0.15) is 10.7 Å². The van der Waals surface area contributed by atoms with Crippen molar-refractivity contribution in [3.05, 3.63) is 58.9 Å². The smallest absolute Gasteiger partial charge is 0.263 e. The van der Waals surface area contributed by atoms with Gasteiger partial charge in [-0.2, -0.15) is 0 Å². The Labute approximate surface area is 125 Å². The van der Waals surface area contributed by atoms with Crippen molar-refractivity contribution in [3.63, 3.8) is 0 Å². The van der Waals surface area contributed by atoms with E-state index in [9.17, 15) is 22.7 Å². The normalized spacial score (nSPS) is 11.1. The van der Waals surface area contributed by atoms with Gasteiger partial charge in [0.15, 0.2) is 0 Å². The Morgan fingerprint density at radius 2 is 1.86 bits per heavy atom. The van der Waals surface area contributed by atoms with Crippen LogP contribution in [0.4, 0.5) is 10.1 Å². The average molecular weight is 329 g/mol. The summed E-state index contributed by atoms with van der Waals surface area (Å²) in [6, 6.07) is 8.22. The minimum absolute atomic E-state index is 0.191. The number of nitrogens with one attached hydrogen (secondary N) is 1. The highest BCUT2D eigenvalue weighted by molar-refractivity contribution is 7.92. The molecular formula is C13H8ClFNO4S-. The SMILES string of the molecule is O=C([O-])c1ccc(Cl)c(S(=O)(=O)Nc2ccccc2F)c1. The molecule has 0 aromatic heterocycles. The molecule has 0 atom stereocenters. The maximum Gasteiger partial charge on any atom is 0.263 e. The second-order valence-electron chi connectivity index (χ2n) is 4.02. The Morgan fingerprint density at radius 3 is 2.48 bits per heavy atom. The largest absolute Gasteiger partial charge is 0.545 e. The van der Waals surface area contributed by atoms with Crippen LogP contribution >= 0.6 is 11.6 Å². The zero-order chi connectivity index (χ0) is 15.6. The summed E-state index contributed by atoms with van der Waals surface area (Å²) in [6.45, 7) is 0. The summed E-state index contributed by atoms with van der Waals surface area (Å²) in [7, 11) is -4.24. The van der Waals surface area contributed by atoms with E-state index in [-0.39, 0.29) is 16.3 Å². The number of aromatic carboxylic acids is 1. The van der Waals surface area contributed by atoms with Crippen molar-refractivity contribution in [2.75, 3.05) is 4.72 Å². The molecule has 5 nitrogen and oxygen atoms in total. The van der Waals surface area contributed by atoms with Gasteiger partial charge in [-0.1, -0.05) is 29.8 Å². The molecule has 0 aliphatic heterocycles. The van der Waals surface area contributed by atoms with Crippen LogP contribution in [-0.4, -0.2) is 14.4 Å². The van der Waals surface area contributed by atoms with Gasteiger partial charge in [0.05, 0.1) is 16.7 Å². The Morgan fingerprint density at radius 1 is 1.19 bits per heavy atom. The number of hydrogen-bond donors (Lipinski definition) is 1. The van der Waals surface area contributed by atoms with Crippen molar-refractivity contribution in [3.8, 4) is 0 Å². The van der Waals surface area contributed by atoms with E-state index in [2.05, 4.69) is 0 Å². The van der Waals surface area contributed by atoms with E-state index in [1.165, 1.54) is 18.2 Å². The number of anilines is 1. The number of carboxylic acids is 1. The maximum absolute atomic E-state index is 13.5. The van der Waals surface area contributed by atoms with Gasteiger partial charge >= 0.3 is 0 Å². The third kappa shape index (κ3) is 3.32. The molecular weight excluding hydrogens is 321 g/mol. The van der Waals surface area contributed by atoms with Crippen molar-refractivity contribution in [2.45, 2.75) is 4.90 Å². The van der Waals surface area contributed by atoms with Gasteiger partial charge in [0.25, 0.3) is 10.0 Å². The Kier molecular flexibility index (Phi) is 4.15. The van der Waals surface area contributed by atoms with E-state index in [0.717, 1.165) is 24.3 Å². The zero-order valence-electron chi connectivity index (χ0n) is 10.3. The summed E-state index contributed by atoms with van der Waals surface area (Å²) in [4.78, 5) is 10.3. The maximum atomic E-state index is 13.5. The van der Waals surface area contributed by atoms with E-state index in [0.29, 0.717) is 0 Å². The molecule has 0 saturated heterocycles. The van der Waals surface area contributed by atoms with Crippen LogP contribution < -0.4 is 9.83 Å². The number of carbonyl (C=O) groups excluding carboxylic acids is 1. The molecule has 0 amide bonds. The predicted octanol–water partition coefficient (Wildman–Crippen LogP) is 1.64. The van der Waals surface area contributed by atoms with Gasteiger partial charge in [-0.25, -0.2) is 12.8 Å². The summed E-state index contributed by atoms with van der Waals surface area (Å²) in [5, 5.41) is 10.6. The van der Waals surface area contributed by atoms with E-state index in [4.69, 9.17) is 11.6 Å². The monoisotopic (exact) mass is 328 g/mol. The molecule has 21 heavy (non-hydrogen) atoms. The Balaban J connectivity index is 2.47. The molecule has 0 fully saturated rings. The molecule has 2 rings (SSSR count). The second kappa shape index (κ2) is 5.71. The molecule has 2 aromatic rings. The first kappa shape index (κ1) is 15.3. The highest BCUT2D eigenvalue weighted by atomic mass is 35.5. The van der Waals surface area contributed by atoms with Gasteiger partial charge in [0.2, 0.25) is 0 Å². The number of carbonyl (C=O) groups is 1. The average Bonchev–Trinajstić information content (AvgIpc) is 2.41. The molecule has 1 N–H and O–H groups in total. The van der Waals surface area contributed by atoms with Crippen molar-refractivity contribution < 1.29 is 22.7 Å². The van der Waals surface area contributed by atoms with Crippen molar-refractivity contribution >= 4 is 33.3 Å². The number of carboxylic acid groups (broad SMARTS) is 1. The fraction of sp³-hybridized carbons (Fsp3) is 0. The second-order valence-corrected chi connectivity index (χ2v) is 6.08. The van der Waals surface area contributed by atoms with Crippen LogP contribution in [0.15, 0.2) is 47.4 Å². The third-order valence-electron chi connectivity index (χ3n) is 2.57. The fourth-order valence-corrected chi connectivity index (χ4v) is 3.17. The molecule has 0 heterocycles. The van der Waals surface area contributed by atoms with Crippen molar-refractivity contribution in [1.82, 2.24) is 0 Å². The van der Waals surface area contributed by atoms with Crippen LogP contribution in [0.1, 0.15) is 10.4 Å². The van der Waals surface area contributed by atoms with E-state index in [1.807, 2.05) is 4.72 Å². The molecule has 0 radical (unpaired) electrons. The van der Waals surface area contributed by atoms with Crippen LogP contribution in [0.5, 0.6) is 0 Å². The number of para-hydroxylation sites is 1. The fourth-order valence-electron chi connectivity index (χ4n) is 1.58. The summed E-state index contributed by atoms with van der Waals surface area (Å²) in [5.74, 6) is -2.32. The number of sulfonamides is 1. The van der Waals surface area contributed by atoms with Gasteiger partial charge < -0.3 is 9.90 Å². The summed E-state index contributed by atoms with van der Waals surface area (Å²) < 4.78 is 39.8. The number of halogens is 2. The topological polar surface area (TPSA) is 86.3 Å². The lowest BCUT2D eigenvalue weighted by molar-refractivity contribution is -0.255. The minimum atomic E-state index is -4.24. The van der Waals surface area contributed by atoms with Crippen molar-refractivity contribution in [2.24, 2.45) is 0 Å². The number of hydrogen-bond acceptors (Lipinski definition) is 4. The molecule has 0 unspecified atom stereocenters. The molecule has 0 aliphatic carbocycles. The lowest BCUT2D eigenvalue weighted by atomic mass is 10.2. The van der Waals surface area contributed by atoms with E-state index < -0.39 is 26.7 Å². The quantitative estimate of drug-likeness (QED) is 0.924. The molecule has 0 bridgehead atoms. The first-order valence-corrected chi connectivity index (χ1v) is 7.45. The van der Waals surface area contributed by atoms with E-state index >= 15 is 0 Å². The van der Waals surface area contributed by atoms with E-state index in [1.54, 1.807) is 0 Å². The summed E-state index contributed by atoms with van der Waals surface area (Å²) in [6.07, 6.45) is 0. The lowest BCUT2D eigenvalue weighted by Crippen LogP contribution is -2.23. The number of benzene rings is 2. The van der Waals surface area contributed by atoms with Crippen LogP contribution in [-0.2, 0) is 10.0 Å².